The largest absolute Gasteiger partial charge is 0.462 e. The molecule has 4 nitrogen and oxygen atoms in total. The van der Waals surface area contributed by atoms with Gasteiger partial charge in [-0.3, -0.25) is 0 Å². The third-order valence-corrected chi connectivity index (χ3v) is 3.15. The van der Waals surface area contributed by atoms with Crippen molar-refractivity contribution in [3.05, 3.63) is 11.6 Å². The molecule has 0 heterocycles. The van der Waals surface area contributed by atoms with Gasteiger partial charge in [-0.2, -0.15) is 0 Å². The lowest BCUT2D eigenvalue weighted by molar-refractivity contribution is -0.146. The van der Waals surface area contributed by atoms with Crippen molar-refractivity contribution >= 4 is 11.9 Å². The van der Waals surface area contributed by atoms with Crippen molar-refractivity contribution in [1.29, 1.82) is 0 Å². The highest BCUT2D eigenvalue weighted by Crippen LogP contribution is 2.11. The summed E-state index contributed by atoms with van der Waals surface area (Å²) in [7, 11) is 0. The van der Waals surface area contributed by atoms with E-state index in [-0.39, 0.29) is 18.8 Å². The van der Waals surface area contributed by atoms with Crippen LogP contribution in [0.15, 0.2) is 11.6 Å². The van der Waals surface area contributed by atoms with E-state index in [1.54, 1.807) is 19.9 Å². The number of ether oxygens (including phenoxy) is 2. The van der Waals surface area contributed by atoms with Gasteiger partial charge in [-0.05, 0) is 26.7 Å². The molecule has 0 spiro atoms. The number of hydrogen-bond donors (Lipinski definition) is 0. The fraction of sp³-hybridized carbons (Fsp3) is 0.765. The van der Waals surface area contributed by atoms with Crippen molar-refractivity contribution in [1.82, 2.24) is 0 Å². The Hall–Kier alpha value is -1.32. The highest BCUT2D eigenvalue weighted by atomic mass is 16.6. The van der Waals surface area contributed by atoms with Crippen molar-refractivity contribution in [3.8, 4) is 0 Å². The number of carbonyl (C=O) groups excluding carboxylic acids is 2. The number of carbonyl (C=O) groups is 2. The van der Waals surface area contributed by atoms with Gasteiger partial charge in [-0.15, -0.1) is 0 Å². The summed E-state index contributed by atoms with van der Waals surface area (Å²) in [5.41, 5.74) is 0.0321. The standard InChI is InChI=1S/C17H30O4/c1-4-7-8-9-10-11-12-13-14-15(16(18)20-5-2)17(19)21-6-3/h14H,4-13H2,1-3H3. The monoisotopic (exact) mass is 298 g/mol. The van der Waals surface area contributed by atoms with Crippen molar-refractivity contribution in [2.45, 2.75) is 72.1 Å². The van der Waals surface area contributed by atoms with Crippen LogP contribution in [0.1, 0.15) is 72.1 Å². The molecule has 0 aromatic rings. The van der Waals surface area contributed by atoms with Gasteiger partial charge < -0.3 is 9.47 Å². The van der Waals surface area contributed by atoms with Crippen molar-refractivity contribution < 1.29 is 19.1 Å². The Morgan fingerprint density at radius 1 is 0.762 bits per heavy atom. The molecule has 0 unspecified atom stereocenters. The zero-order chi connectivity index (χ0) is 15.9. The van der Waals surface area contributed by atoms with E-state index in [1.165, 1.54) is 32.1 Å². The predicted molar refractivity (Wildman–Crippen MR) is 84.0 cm³/mol. The fourth-order valence-corrected chi connectivity index (χ4v) is 2.02. The summed E-state index contributed by atoms with van der Waals surface area (Å²) in [5.74, 6) is -1.17. The summed E-state index contributed by atoms with van der Waals surface area (Å²) >= 11 is 0. The topological polar surface area (TPSA) is 52.6 Å². The van der Waals surface area contributed by atoms with Crippen LogP contribution in [0.2, 0.25) is 0 Å². The van der Waals surface area contributed by atoms with Crippen molar-refractivity contribution in [2.24, 2.45) is 0 Å². The molecule has 0 aliphatic carbocycles. The summed E-state index contributed by atoms with van der Waals surface area (Å²) in [6.45, 7) is 6.16. The van der Waals surface area contributed by atoms with Crippen LogP contribution < -0.4 is 0 Å². The molecular weight excluding hydrogens is 268 g/mol. The van der Waals surface area contributed by atoms with E-state index in [2.05, 4.69) is 6.92 Å². The van der Waals surface area contributed by atoms with Crippen molar-refractivity contribution in [3.63, 3.8) is 0 Å². The van der Waals surface area contributed by atoms with Crippen LogP contribution in [-0.4, -0.2) is 25.2 Å². The van der Waals surface area contributed by atoms with E-state index >= 15 is 0 Å². The Morgan fingerprint density at radius 2 is 1.24 bits per heavy atom. The molecule has 0 aliphatic rings. The van der Waals surface area contributed by atoms with Crippen molar-refractivity contribution in [2.75, 3.05) is 13.2 Å². The Morgan fingerprint density at radius 3 is 1.71 bits per heavy atom. The molecule has 0 aromatic heterocycles. The van der Waals surface area contributed by atoms with Crippen LogP contribution in [0.3, 0.4) is 0 Å². The van der Waals surface area contributed by atoms with E-state index in [1.807, 2.05) is 0 Å². The molecule has 0 amide bonds. The highest BCUT2D eigenvalue weighted by molar-refractivity contribution is 6.14. The van der Waals surface area contributed by atoms with Gasteiger partial charge in [-0.1, -0.05) is 51.5 Å². The Bertz CT molecular complexity index is 301. The SMILES string of the molecule is CCCCCCCCCC=C(C(=O)OCC)C(=O)OCC. The molecule has 21 heavy (non-hydrogen) atoms. The van der Waals surface area contributed by atoms with Crippen LogP contribution in [0.5, 0.6) is 0 Å². The first-order chi connectivity index (χ1) is 10.2. The highest BCUT2D eigenvalue weighted by Gasteiger charge is 2.20. The number of unbranched alkanes of at least 4 members (excludes halogenated alkanes) is 7. The molecule has 0 N–H and O–H groups in total. The molecule has 0 fully saturated rings. The maximum absolute atomic E-state index is 11.7. The van der Waals surface area contributed by atoms with Gasteiger partial charge in [0, 0.05) is 0 Å². The number of rotatable bonds is 12. The quantitative estimate of drug-likeness (QED) is 0.178. The first kappa shape index (κ1) is 19.7. The lowest BCUT2D eigenvalue weighted by atomic mass is 10.1. The third kappa shape index (κ3) is 10.1. The van der Waals surface area contributed by atoms with E-state index in [9.17, 15) is 9.59 Å². The van der Waals surface area contributed by atoms with Crippen LogP contribution in [0.4, 0.5) is 0 Å². The predicted octanol–water partition coefficient (Wildman–Crippen LogP) is 4.18. The maximum Gasteiger partial charge on any atom is 0.345 e. The van der Waals surface area contributed by atoms with Gasteiger partial charge in [0.2, 0.25) is 0 Å². The second-order valence-corrected chi connectivity index (χ2v) is 4.97. The molecule has 4 heteroatoms. The van der Waals surface area contributed by atoms with E-state index in [0.29, 0.717) is 6.42 Å². The molecule has 0 atom stereocenters. The van der Waals surface area contributed by atoms with Crippen LogP contribution in [0, 0.1) is 0 Å². The number of hydrogen-bond acceptors (Lipinski definition) is 4. The zero-order valence-electron chi connectivity index (χ0n) is 13.8. The van der Waals surface area contributed by atoms with Crippen LogP contribution in [-0.2, 0) is 19.1 Å². The second kappa shape index (κ2) is 13.7. The lowest BCUT2D eigenvalue weighted by Gasteiger charge is -2.06. The first-order valence-corrected chi connectivity index (χ1v) is 8.21. The number of esters is 2. The molecular formula is C17H30O4. The minimum absolute atomic E-state index is 0.0321. The van der Waals surface area contributed by atoms with E-state index < -0.39 is 11.9 Å². The summed E-state index contributed by atoms with van der Waals surface area (Å²) in [5, 5.41) is 0. The minimum Gasteiger partial charge on any atom is -0.462 e. The molecule has 0 radical (unpaired) electrons. The smallest absolute Gasteiger partial charge is 0.345 e. The summed E-state index contributed by atoms with van der Waals surface area (Å²) in [6.07, 6.45) is 10.8. The van der Waals surface area contributed by atoms with Gasteiger partial charge in [0.05, 0.1) is 13.2 Å². The molecule has 0 aliphatic heterocycles. The van der Waals surface area contributed by atoms with E-state index in [0.717, 1.165) is 12.8 Å². The van der Waals surface area contributed by atoms with Gasteiger partial charge >= 0.3 is 11.9 Å². The lowest BCUT2D eigenvalue weighted by Crippen LogP contribution is -2.18. The average Bonchev–Trinajstić information content (AvgIpc) is 2.46. The second-order valence-electron chi connectivity index (χ2n) is 4.97. The van der Waals surface area contributed by atoms with Crippen LogP contribution >= 0.6 is 0 Å². The van der Waals surface area contributed by atoms with Crippen LogP contribution in [0.25, 0.3) is 0 Å². The van der Waals surface area contributed by atoms with Gasteiger partial charge in [0.25, 0.3) is 0 Å². The molecule has 122 valence electrons. The molecule has 0 aromatic carbocycles. The molecule has 0 rings (SSSR count). The number of allylic oxidation sites excluding steroid dienone is 1. The molecule has 0 bridgehead atoms. The average molecular weight is 298 g/mol. The Kier molecular flexibility index (Phi) is 12.8. The van der Waals surface area contributed by atoms with Gasteiger partial charge in [0.1, 0.15) is 5.57 Å². The fourth-order valence-electron chi connectivity index (χ4n) is 2.02. The van der Waals surface area contributed by atoms with Gasteiger partial charge in [0.15, 0.2) is 0 Å². The van der Waals surface area contributed by atoms with E-state index in [4.69, 9.17) is 9.47 Å². The summed E-state index contributed by atoms with van der Waals surface area (Å²) < 4.78 is 9.77. The normalized spacial score (nSPS) is 10.0. The maximum atomic E-state index is 11.7. The Balaban J connectivity index is 4.12. The Labute approximate surface area is 128 Å². The zero-order valence-corrected chi connectivity index (χ0v) is 13.8. The molecule has 0 saturated heterocycles. The molecule has 0 saturated carbocycles. The first-order valence-electron chi connectivity index (χ1n) is 8.21. The third-order valence-electron chi connectivity index (χ3n) is 3.15. The summed E-state index contributed by atoms with van der Waals surface area (Å²) in [6, 6.07) is 0. The minimum atomic E-state index is -0.584. The summed E-state index contributed by atoms with van der Waals surface area (Å²) in [4.78, 5) is 23.4. The van der Waals surface area contributed by atoms with Gasteiger partial charge in [-0.25, -0.2) is 9.59 Å².